The third-order valence-corrected chi connectivity index (χ3v) is 3.53. The van der Waals surface area contributed by atoms with E-state index in [9.17, 15) is 4.79 Å². The number of nitrogens with zero attached hydrogens (tertiary/aromatic N) is 1. The van der Waals surface area contributed by atoms with E-state index < -0.39 is 6.04 Å². The zero-order chi connectivity index (χ0) is 13.0. The van der Waals surface area contributed by atoms with E-state index in [0.29, 0.717) is 13.0 Å². The fraction of sp³-hybridized carbons (Fsp3) is 0.308. The van der Waals surface area contributed by atoms with Crippen LogP contribution in [0.25, 0.3) is 5.69 Å². The normalized spacial score (nSPS) is 12.3. The minimum Gasteiger partial charge on any atom is -0.465 e. The fourth-order valence-corrected chi connectivity index (χ4v) is 2.68. The van der Waals surface area contributed by atoms with Gasteiger partial charge in [0.05, 0.1) is 12.3 Å². The van der Waals surface area contributed by atoms with Gasteiger partial charge in [0.1, 0.15) is 6.04 Å². The molecule has 0 spiro atoms. The van der Waals surface area contributed by atoms with Crippen LogP contribution in [-0.4, -0.2) is 23.2 Å². The number of carbonyl (C=O) groups excluding carboxylic acids is 1. The van der Waals surface area contributed by atoms with Gasteiger partial charge in [0.15, 0.2) is 0 Å². The molecule has 0 saturated carbocycles. The molecule has 0 fully saturated rings. The van der Waals surface area contributed by atoms with Crippen molar-refractivity contribution in [3.8, 4) is 5.69 Å². The molecule has 2 heterocycles. The van der Waals surface area contributed by atoms with Crippen molar-refractivity contribution < 1.29 is 9.53 Å². The summed E-state index contributed by atoms with van der Waals surface area (Å²) in [7, 11) is 0. The van der Waals surface area contributed by atoms with Gasteiger partial charge in [0, 0.05) is 23.7 Å². The second kappa shape index (κ2) is 5.84. The average molecular weight is 264 g/mol. The van der Waals surface area contributed by atoms with E-state index in [1.165, 1.54) is 0 Å². The molecule has 18 heavy (non-hydrogen) atoms. The molecule has 1 unspecified atom stereocenters. The van der Waals surface area contributed by atoms with Crippen molar-refractivity contribution in [3.05, 3.63) is 40.8 Å². The molecule has 5 heteroatoms. The van der Waals surface area contributed by atoms with Crippen LogP contribution in [0.2, 0.25) is 0 Å². The largest absolute Gasteiger partial charge is 0.465 e. The van der Waals surface area contributed by atoms with Crippen LogP contribution in [0.3, 0.4) is 0 Å². The lowest BCUT2D eigenvalue weighted by atomic mass is 10.2. The first-order chi connectivity index (χ1) is 8.72. The van der Waals surface area contributed by atoms with E-state index >= 15 is 0 Å². The standard InChI is InChI=1S/C13H16N2O2S/c1-2-17-13(16)10(14)9-12-11(5-8-18-12)15-6-3-4-7-15/h3-8,10H,2,9,14H2,1H3. The minimum absolute atomic E-state index is 0.343. The topological polar surface area (TPSA) is 57.2 Å². The van der Waals surface area contributed by atoms with Crippen LogP contribution in [0, 0.1) is 0 Å². The first-order valence-corrected chi connectivity index (χ1v) is 6.72. The molecule has 1 atom stereocenters. The Labute approximate surface area is 110 Å². The SMILES string of the molecule is CCOC(=O)C(N)Cc1sccc1-n1cccc1. The van der Waals surface area contributed by atoms with Crippen LogP contribution in [0.15, 0.2) is 36.0 Å². The summed E-state index contributed by atoms with van der Waals surface area (Å²) in [4.78, 5) is 12.6. The molecule has 2 aromatic heterocycles. The van der Waals surface area contributed by atoms with E-state index in [2.05, 4.69) is 0 Å². The lowest BCUT2D eigenvalue weighted by molar-refractivity contribution is -0.144. The lowest BCUT2D eigenvalue weighted by Crippen LogP contribution is -2.34. The summed E-state index contributed by atoms with van der Waals surface area (Å²) < 4.78 is 6.93. The molecular formula is C13H16N2O2S. The summed E-state index contributed by atoms with van der Waals surface area (Å²) in [5.41, 5.74) is 6.91. The second-order valence-corrected chi connectivity index (χ2v) is 4.88. The number of carbonyl (C=O) groups is 1. The van der Waals surface area contributed by atoms with Gasteiger partial charge in [-0.2, -0.15) is 0 Å². The maximum Gasteiger partial charge on any atom is 0.323 e. The predicted molar refractivity (Wildman–Crippen MR) is 72.0 cm³/mol. The minimum atomic E-state index is -0.599. The van der Waals surface area contributed by atoms with Crippen molar-refractivity contribution in [2.24, 2.45) is 5.73 Å². The van der Waals surface area contributed by atoms with Crippen LogP contribution in [0.4, 0.5) is 0 Å². The second-order valence-electron chi connectivity index (χ2n) is 3.88. The van der Waals surface area contributed by atoms with Gasteiger partial charge >= 0.3 is 5.97 Å². The molecule has 2 N–H and O–H groups in total. The molecule has 0 aromatic carbocycles. The Morgan fingerprint density at radius 1 is 1.50 bits per heavy atom. The smallest absolute Gasteiger partial charge is 0.323 e. The Morgan fingerprint density at radius 2 is 2.22 bits per heavy atom. The van der Waals surface area contributed by atoms with Gasteiger partial charge in [-0.05, 0) is 30.5 Å². The van der Waals surface area contributed by atoms with Crippen LogP contribution >= 0.6 is 11.3 Å². The van der Waals surface area contributed by atoms with Gasteiger partial charge in [0.25, 0.3) is 0 Å². The summed E-state index contributed by atoms with van der Waals surface area (Å²) in [5.74, 6) is -0.343. The van der Waals surface area contributed by atoms with Crippen LogP contribution in [0.5, 0.6) is 0 Å². The maximum absolute atomic E-state index is 11.5. The highest BCUT2D eigenvalue weighted by Gasteiger charge is 2.18. The zero-order valence-electron chi connectivity index (χ0n) is 10.2. The van der Waals surface area contributed by atoms with Gasteiger partial charge in [-0.15, -0.1) is 11.3 Å². The summed E-state index contributed by atoms with van der Waals surface area (Å²) in [6.45, 7) is 2.14. The van der Waals surface area contributed by atoms with Crippen molar-refractivity contribution in [3.63, 3.8) is 0 Å². The molecule has 0 bridgehead atoms. The molecule has 0 radical (unpaired) electrons. The zero-order valence-corrected chi connectivity index (χ0v) is 11.0. The van der Waals surface area contributed by atoms with Gasteiger partial charge in [-0.3, -0.25) is 4.79 Å². The van der Waals surface area contributed by atoms with Crippen molar-refractivity contribution in [1.29, 1.82) is 0 Å². The molecule has 4 nitrogen and oxygen atoms in total. The molecular weight excluding hydrogens is 248 g/mol. The monoisotopic (exact) mass is 264 g/mol. The predicted octanol–water partition coefficient (Wildman–Crippen LogP) is 1.97. The number of ether oxygens (including phenoxy) is 1. The Bertz CT molecular complexity index is 505. The number of esters is 1. The molecule has 0 aliphatic carbocycles. The van der Waals surface area contributed by atoms with Gasteiger partial charge in [0.2, 0.25) is 0 Å². The number of hydrogen-bond donors (Lipinski definition) is 1. The van der Waals surface area contributed by atoms with E-state index in [1.54, 1.807) is 18.3 Å². The fourth-order valence-electron chi connectivity index (χ4n) is 1.74. The van der Waals surface area contributed by atoms with Crippen molar-refractivity contribution in [2.45, 2.75) is 19.4 Å². The average Bonchev–Trinajstić information content (AvgIpc) is 2.98. The van der Waals surface area contributed by atoms with E-state index in [1.807, 2.05) is 40.5 Å². The van der Waals surface area contributed by atoms with Gasteiger partial charge < -0.3 is 15.0 Å². The van der Waals surface area contributed by atoms with E-state index in [0.717, 1.165) is 10.6 Å². The van der Waals surface area contributed by atoms with Crippen LogP contribution in [-0.2, 0) is 16.0 Å². The molecule has 96 valence electrons. The van der Waals surface area contributed by atoms with Gasteiger partial charge in [-0.25, -0.2) is 0 Å². The van der Waals surface area contributed by atoms with E-state index in [4.69, 9.17) is 10.5 Å². The van der Waals surface area contributed by atoms with Crippen molar-refractivity contribution >= 4 is 17.3 Å². The third-order valence-electron chi connectivity index (χ3n) is 2.60. The highest BCUT2D eigenvalue weighted by molar-refractivity contribution is 7.10. The number of rotatable bonds is 5. The van der Waals surface area contributed by atoms with Crippen molar-refractivity contribution in [2.75, 3.05) is 6.61 Å². The number of hydrogen-bond acceptors (Lipinski definition) is 4. The summed E-state index contributed by atoms with van der Waals surface area (Å²) in [5, 5.41) is 2.00. The van der Waals surface area contributed by atoms with Gasteiger partial charge in [-0.1, -0.05) is 0 Å². The lowest BCUT2D eigenvalue weighted by Gasteiger charge is -2.11. The molecule has 0 aliphatic heterocycles. The molecule has 0 saturated heterocycles. The molecule has 0 amide bonds. The van der Waals surface area contributed by atoms with E-state index in [-0.39, 0.29) is 5.97 Å². The summed E-state index contributed by atoms with van der Waals surface area (Å²) in [6, 6.07) is 5.36. The van der Waals surface area contributed by atoms with Crippen molar-refractivity contribution in [1.82, 2.24) is 4.57 Å². The highest BCUT2D eigenvalue weighted by Crippen LogP contribution is 2.22. The Kier molecular flexibility index (Phi) is 4.17. The number of aromatic nitrogens is 1. The number of nitrogens with two attached hydrogens (primary N) is 1. The molecule has 2 aromatic rings. The molecule has 2 rings (SSSR count). The molecule has 0 aliphatic rings. The Balaban J connectivity index is 2.11. The van der Waals surface area contributed by atoms with Crippen LogP contribution < -0.4 is 5.73 Å². The quantitative estimate of drug-likeness (QED) is 0.840. The summed E-state index contributed by atoms with van der Waals surface area (Å²) >= 11 is 1.60. The third kappa shape index (κ3) is 2.80. The first kappa shape index (κ1) is 12.9. The van der Waals surface area contributed by atoms with Crippen LogP contribution in [0.1, 0.15) is 11.8 Å². The maximum atomic E-state index is 11.5. The summed E-state index contributed by atoms with van der Waals surface area (Å²) in [6.07, 6.45) is 4.45. The number of thiophene rings is 1. The first-order valence-electron chi connectivity index (χ1n) is 5.84. The Hall–Kier alpha value is -1.59. The Morgan fingerprint density at radius 3 is 2.89 bits per heavy atom. The highest BCUT2D eigenvalue weighted by atomic mass is 32.1.